The molecule has 0 saturated carbocycles. The van der Waals surface area contributed by atoms with Crippen molar-refractivity contribution in [2.75, 3.05) is 45.3 Å². The van der Waals surface area contributed by atoms with E-state index in [1.165, 1.54) is 12.1 Å². The summed E-state index contributed by atoms with van der Waals surface area (Å²) in [6.45, 7) is 4.70. The van der Waals surface area contributed by atoms with E-state index in [0.717, 1.165) is 32.8 Å². The molecule has 0 N–H and O–H groups in total. The Morgan fingerprint density at radius 1 is 1.29 bits per heavy atom. The van der Waals surface area contributed by atoms with Gasteiger partial charge in [0, 0.05) is 43.6 Å². The summed E-state index contributed by atoms with van der Waals surface area (Å²) in [6.07, 6.45) is 0.589. The van der Waals surface area contributed by atoms with Crippen molar-refractivity contribution in [2.24, 2.45) is 0 Å². The maximum atomic E-state index is 13.5. The monoisotopic (exact) mass is 311 g/mol. The van der Waals surface area contributed by atoms with Crippen molar-refractivity contribution in [2.45, 2.75) is 6.42 Å². The van der Waals surface area contributed by atoms with Crippen molar-refractivity contribution < 1.29 is 13.9 Å². The van der Waals surface area contributed by atoms with E-state index in [4.69, 9.17) is 21.1 Å². The van der Waals surface area contributed by atoms with Gasteiger partial charge in [0.25, 0.3) is 0 Å². The van der Waals surface area contributed by atoms with Crippen LogP contribution >= 0.6 is 11.6 Å². The minimum Gasteiger partial charge on any atom is -0.492 e. The Labute approximate surface area is 130 Å². The van der Waals surface area contributed by atoms with Gasteiger partial charge in [-0.1, -0.05) is 11.8 Å². The van der Waals surface area contributed by atoms with Gasteiger partial charge in [-0.15, -0.1) is 11.6 Å². The van der Waals surface area contributed by atoms with Crippen molar-refractivity contribution >= 4 is 11.6 Å². The van der Waals surface area contributed by atoms with Crippen LogP contribution in [0.15, 0.2) is 18.2 Å². The van der Waals surface area contributed by atoms with Crippen LogP contribution in [-0.2, 0) is 4.74 Å². The highest BCUT2D eigenvalue weighted by Gasteiger charge is 2.10. The molecular formula is C16H19ClFNO2. The van der Waals surface area contributed by atoms with Gasteiger partial charge in [-0.2, -0.15) is 0 Å². The van der Waals surface area contributed by atoms with E-state index >= 15 is 0 Å². The first kappa shape index (κ1) is 16.1. The standard InChI is InChI=1S/C16H19ClFNO2/c17-4-2-1-3-14-11-15(18)13-16(12-14)21-10-7-19-5-8-20-9-6-19/h11-13H,2,4-10H2. The Bertz CT molecular complexity index is 507. The van der Waals surface area contributed by atoms with E-state index in [-0.39, 0.29) is 5.82 Å². The SMILES string of the molecule is Fc1cc(C#CCCCl)cc(OCCN2CCOCC2)c1. The Morgan fingerprint density at radius 2 is 2.10 bits per heavy atom. The van der Waals surface area contributed by atoms with Crippen LogP contribution < -0.4 is 4.74 Å². The lowest BCUT2D eigenvalue weighted by atomic mass is 10.2. The maximum absolute atomic E-state index is 13.5. The molecule has 0 aliphatic carbocycles. The number of hydrogen-bond donors (Lipinski definition) is 0. The first-order chi connectivity index (χ1) is 10.3. The normalized spacial score (nSPS) is 15.3. The Balaban J connectivity index is 1.86. The molecule has 114 valence electrons. The van der Waals surface area contributed by atoms with Crippen molar-refractivity contribution in [3.63, 3.8) is 0 Å². The predicted molar refractivity (Wildman–Crippen MR) is 81.4 cm³/mol. The summed E-state index contributed by atoms with van der Waals surface area (Å²) in [5.74, 6) is 6.42. The largest absolute Gasteiger partial charge is 0.492 e. The van der Waals surface area contributed by atoms with Gasteiger partial charge < -0.3 is 9.47 Å². The highest BCUT2D eigenvalue weighted by molar-refractivity contribution is 6.18. The van der Waals surface area contributed by atoms with Gasteiger partial charge in [0.15, 0.2) is 0 Å². The molecule has 0 radical (unpaired) electrons. The number of rotatable bonds is 5. The van der Waals surface area contributed by atoms with Gasteiger partial charge in [0.2, 0.25) is 0 Å². The first-order valence-corrected chi connectivity index (χ1v) is 7.60. The molecule has 0 bridgehead atoms. The van der Waals surface area contributed by atoms with Gasteiger partial charge in [-0.05, 0) is 12.1 Å². The zero-order valence-electron chi connectivity index (χ0n) is 11.9. The van der Waals surface area contributed by atoms with Gasteiger partial charge in [0.1, 0.15) is 18.2 Å². The van der Waals surface area contributed by atoms with E-state index in [1.54, 1.807) is 6.07 Å². The fraction of sp³-hybridized carbons (Fsp3) is 0.500. The van der Waals surface area contributed by atoms with E-state index < -0.39 is 0 Å². The van der Waals surface area contributed by atoms with Crippen molar-refractivity contribution in [1.82, 2.24) is 4.90 Å². The second-order valence-corrected chi connectivity index (χ2v) is 5.10. The van der Waals surface area contributed by atoms with E-state index in [0.29, 0.717) is 30.2 Å². The van der Waals surface area contributed by atoms with E-state index in [2.05, 4.69) is 16.7 Å². The number of halogens is 2. The summed E-state index contributed by atoms with van der Waals surface area (Å²) in [5, 5.41) is 0. The van der Waals surface area contributed by atoms with Crippen LogP contribution in [0.5, 0.6) is 5.75 Å². The Morgan fingerprint density at radius 3 is 2.86 bits per heavy atom. The molecule has 3 nitrogen and oxygen atoms in total. The number of ether oxygens (including phenoxy) is 2. The molecule has 1 heterocycles. The zero-order chi connectivity index (χ0) is 14.9. The van der Waals surface area contributed by atoms with E-state index in [9.17, 15) is 4.39 Å². The summed E-state index contributed by atoms with van der Waals surface area (Å²) in [5.41, 5.74) is 0.612. The quantitative estimate of drug-likeness (QED) is 0.616. The maximum Gasteiger partial charge on any atom is 0.128 e. The molecule has 1 aliphatic rings. The fourth-order valence-electron chi connectivity index (χ4n) is 2.05. The van der Waals surface area contributed by atoms with E-state index in [1.807, 2.05) is 0 Å². The van der Waals surface area contributed by atoms with Crippen LogP contribution in [0.25, 0.3) is 0 Å². The molecule has 0 amide bonds. The summed E-state index contributed by atoms with van der Waals surface area (Å²) in [4.78, 5) is 2.27. The Kier molecular flexibility index (Phi) is 6.81. The highest BCUT2D eigenvalue weighted by Crippen LogP contribution is 2.16. The molecule has 0 spiro atoms. The lowest BCUT2D eigenvalue weighted by Gasteiger charge is -2.26. The fourth-order valence-corrected chi connectivity index (χ4v) is 2.14. The molecule has 1 aliphatic heterocycles. The second-order valence-electron chi connectivity index (χ2n) is 4.72. The van der Waals surface area contributed by atoms with Gasteiger partial charge in [-0.3, -0.25) is 4.90 Å². The number of nitrogens with zero attached hydrogens (tertiary/aromatic N) is 1. The lowest BCUT2D eigenvalue weighted by molar-refractivity contribution is 0.0322. The van der Waals surface area contributed by atoms with Crippen LogP contribution in [0.1, 0.15) is 12.0 Å². The van der Waals surface area contributed by atoms with Gasteiger partial charge in [-0.25, -0.2) is 4.39 Å². The molecule has 2 rings (SSSR count). The molecule has 21 heavy (non-hydrogen) atoms. The molecule has 5 heteroatoms. The van der Waals surface area contributed by atoms with Crippen molar-refractivity contribution in [3.05, 3.63) is 29.6 Å². The minimum atomic E-state index is -0.339. The van der Waals surface area contributed by atoms with Crippen LogP contribution in [0, 0.1) is 17.7 Å². The average molecular weight is 312 g/mol. The lowest BCUT2D eigenvalue weighted by Crippen LogP contribution is -2.38. The molecule has 0 unspecified atom stereocenters. The van der Waals surface area contributed by atoms with Crippen LogP contribution in [0.4, 0.5) is 4.39 Å². The second kappa shape index (κ2) is 8.89. The summed E-state index contributed by atoms with van der Waals surface area (Å²) < 4.78 is 24.4. The molecular weight excluding hydrogens is 293 g/mol. The smallest absolute Gasteiger partial charge is 0.128 e. The summed E-state index contributed by atoms with van der Waals surface area (Å²) in [7, 11) is 0. The van der Waals surface area contributed by atoms with Gasteiger partial charge >= 0.3 is 0 Å². The first-order valence-electron chi connectivity index (χ1n) is 7.06. The number of morpholine rings is 1. The van der Waals surface area contributed by atoms with Crippen LogP contribution in [0.2, 0.25) is 0 Å². The number of benzene rings is 1. The van der Waals surface area contributed by atoms with Crippen LogP contribution in [-0.4, -0.2) is 50.2 Å². The molecule has 1 fully saturated rings. The topological polar surface area (TPSA) is 21.7 Å². The minimum absolute atomic E-state index is 0.339. The predicted octanol–water partition coefficient (Wildman–Crippen LogP) is 2.52. The number of hydrogen-bond acceptors (Lipinski definition) is 3. The molecule has 0 aromatic heterocycles. The summed E-state index contributed by atoms with van der Waals surface area (Å²) in [6, 6.07) is 4.53. The van der Waals surface area contributed by atoms with Crippen LogP contribution in [0.3, 0.4) is 0 Å². The highest BCUT2D eigenvalue weighted by atomic mass is 35.5. The third-order valence-corrected chi connectivity index (χ3v) is 3.29. The molecule has 1 aromatic rings. The number of alkyl halides is 1. The average Bonchev–Trinajstić information content (AvgIpc) is 2.48. The molecule has 1 saturated heterocycles. The van der Waals surface area contributed by atoms with Gasteiger partial charge in [0.05, 0.1) is 13.2 Å². The summed E-state index contributed by atoms with van der Waals surface area (Å²) >= 11 is 5.56. The van der Waals surface area contributed by atoms with Crippen molar-refractivity contribution in [3.8, 4) is 17.6 Å². The molecule has 1 aromatic carbocycles. The third kappa shape index (κ3) is 5.92. The third-order valence-electron chi connectivity index (χ3n) is 3.10. The van der Waals surface area contributed by atoms with Crippen molar-refractivity contribution in [1.29, 1.82) is 0 Å². The zero-order valence-corrected chi connectivity index (χ0v) is 12.7. The Hall–Kier alpha value is -1.28. The molecule has 0 atom stereocenters.